The zero-order valence-corrected chi connectivity index (χ0v) is 11.8. The van der Waals surface area contributed by atoms with Crippen LogP contribution in [0, 0.1) is 13.8 Å². The monoisotopic (exact) mass is 262 g/mol. The molecular weight excluding hydrogens is 244 g/mol. The summed E-state index contributed by atoms with van der Waals surface area (Å²) in [6, 6.07) is 8.12. The molecular formula is C14H18N2OS. The predicted molar refractivity (Wildman–Crippen MR) is 76.8 cm³/mol. The van der Waals surface area contributed by atoms with Gasteiger partial charge in [-0.15, -0.1) is 11.3 Å². The Morgan fingerprint density at radius 1 is 1.28 bits per heavy atom. The number of thiazole rings is 1. The molecule has 0 radical (unpaired) electrons. The first-order valence-electron chi connectivity index (χ1n) is 6.00. The maximum Gasteiger partial charge on any atom is 0.183 e. The van der Waals surface area contributed by atoms with E-state index in [0.29, 0.717) is 0 Å². The molecule has 1 aromatic heterocycles. The summed E-state index contributed by atoms with van der Waals surface area (Å²) in [4.78, 5) is 5.73. The SMILES string of the molecule is COc1ccccc1CCNc1nc(C)c(C)s1. The Bertz CT molecular complexity index is 503. The van der Waals surface area contributed by atoms with Crippen molar-refractivity contribution in [3.05, 3.63) is 40.4 Å². The number of benzene rings is 1. The van der Waals surface area contributed by atoms with E-state index >= 15 is 0 Å². The van der Waals surface area contributed by atoms with Crippen LogP contribution in [0.4, 0.5) is 5.13 Å². The third-order valence-corrected chi connectivity index (χ3v) is 3.92. The second kappa shape index (κ2) is 5.87. The minimum absolute atomic E-state index is 0.868. The highest BCUT2D eigenvalue weighted by molar-refractivity contribution is 7.15. The van der Waals surface area contributed by atoms with Gasteiger partial charge in [-0.3, -0.25) is 0 Å². The van der Waals surface area contributed by atoms with Gasteiger partial charge in [0.1, 0.15) is 5.75 Å². The van der Waals surface area contributed by atoms with Gasteiger partial charge in [0.25, 0.3) is 0 Å². The van der Waals surface area contributed by atoms with Crippen LogP contribution in [0.3, 0.4) is 0 Å². The van der Waals surface area contributed by atoms with Gasteiger partial charge in [-0.25, -0.2) is 4.98 Å². The molecule has 1 heterocycles. The average Bonchev–Trinajstić information content (AvgIpc) is 2.69. The first kappa shape index (κ1) is 12.9. The van der Waals surface area contributed by atoms with E-state index in [9.17, 15) is 0 Å². The number of hydrogen-bond donors (Lipinski definition) is 1. The summed E-state index contributed by atoms with van der Waals surface area (Å²) in [5.74, 6) is 0.950. The predicted octanol–water partition coefficient (Wildman–Crippen LogP) is 3.42. The van der Waals surface area contributed by atoms with Gasteiger partial charge in [-0.2, -0.15) is 0 Å². The lowest BCUT2D eigenvalue weighted by Crippen LogP contribution is -2.05. The fourth-order valence-electron chi connectivity index (χ4n) is 1.76. The van der Waals surface area contributed by atoms with Gasteiger partial charge in [-0.05, 0) is 31.9 Å². The molecule has 0 amide bonds. The number of ether oxygens (including phenoxy) is 1. The molecule has 18 heavy (non-hydrogen) atoms. The molecule has 2 rings (SSSR count). The van der Waals surface area contributed by atoms with E-state index in [-0.39, 0.29) is 0 Å². The Morgan fingerprint density at radius 2 is 2.06 bits per heavy atom. The second-order valence-electron chi connectivity index (χ2n) is 4.15. The molecule has 0 aliphatic rings. The molecule has 2 aromatic rings. The topological polar surface area (TPSA) is 34.1 Å². The molecule has 0 atom stereocenters. The first-order valence-corrected chi connectivity index (χ1v) is 6.82. The summed E-state index contributed by atoms with van der Waals surface area (Å²) in [5.41, 5.74) is 2.33. The number of aryl methyl sites for hydroxylation is 2. The van der Waals surface area contributed by atoms with Crippen LogP contribution in [-0.4, -0.2) is 18.6 Å². The van der Waals surface area contributed by atoms with Crippen molar-refractivity contribution < 1.29 is 4.74 Å². The standard InChI is InChI=1S/C14H18N2OS/c1-10-11(2)18-14(16-10)15-9-8-12-6-4-5-7-13(12)17-3/h4-7H,8-9H2,1-3H3,(H,15,16). The van der Waals surface area contributed by atoms with Crippen LogP contribution in [0.25, 0.3) is 0 Å². The minimum Gasteiger partial charge on any atom is -0.496 e. The lowest BCUT2D eigenvalue weighted by molar-refractivity contribution is 0.410. The molecule has 4 heteroatoms. The zero-order valence-electron chi connectivity index (χ0n) is 11.0. The zero-order chi connectivity index (χ0) is 13.0. The van der Waals surface area contributed by atoms with Crippen LogP contribution >= 0.6 is 11.3 Å². The quantitative estimate of drug-likeness (QED) is 0.896. The number of para-hydroxylation sites is 1. The summed E-state index contributed by atoms with van der Waals surface area (Å²) in [5, 5.41) is 4.36. The second-order valence-corrected chi connectivity index (χ2v) is 5.35. The van der Waals surface area contributed by atoms with Gasteiger partial charge in [0, 0.05) is 11.4 Å². The van der Waals surface area contributed by atoms with Crippen LogP contribution in [0.5, 0.6) is 5.75 Å². The van der Waals surface area contributed by atoms with Gasteiger partial charge in [0.05, 0.1) is 12.8 Å². The highest BCUT2D eigenvalue weighted by Crippen LogP contribution is 2.22. The van der Waals surface area contributed by atoms with Crippen LogP contribution in [0.2, 0.25) is 0 Å². The van der Waals surface area contributed by atoms with Crippen molar-refractivity contribution in [2.75, 3.05) is 19.0 Å². The van der Waals surface area contributed by atoms with E-state index < -0.39 is 0 Å². The number of nitrogens with one attached hydrogen (secondary N) is 1. The number of aromatic nitrogens is 1. The molecule has 0 aliphatic carbocycles. The number of rotatable bonds is 5. The molecule has 3 nitrogen and oxygen atoms in total. The molecule has 0 saturated carbocycles. The van der Waals surface area contributed by atoms with E-state index in [0.717, 1.165) is 29.5 Å². The molecule has 96 valence electrons. The highest BCUT2D eigenvalue weighted by atomic mass is 32.1. The van der Waals surface area contributed by atoms with Crippen molar-refractivity contribution in [2.45, 2.75) is 20.3 Å². The Hall–Kier alpha value is -1.55. The largest absolute Gasteiger partial charge is 0.496 e. The first-order chi connectivity index (χ1) is 8.70. The molecule has 0 spiro atoms. The molecule has 1 N–H and O–H groups in total. The molecule has 0 saturated heterocycles. The van der Waals surface area contributed by atoms with Crippen molar-refractivity contribution in [3.8, 4) is 5.75 Å². The Labute approximate surface area is 112 Å². The summed E-state index contributed by atoms with van der Waals surface area (Å²) in [6.45, 7) is 5.00. The molecule has 0 fully saturated rings. The van der Waals surface area contributed by atoms with Crippen molar-refractivity contribution in [3.63, 3.8) is 0 Å². The fraction of sp³-hybridized carbons (Fsp3) is 0.357. The van der Waals surface area contributed by atoms with E-state index in [1.54, 1.807) is 18.4 Å². The van der Waals surface area contributed by atoms with Gasteiger partial charge < -0.3 is 10.1 Å². The minimum atomic E-state index is 0.868. The Balaban J connectivity index is 1.92. The maximum absolute atomic E-state index is 5.33. The third-order valence-electron chi connectivity index (χ3n) is 2.89. The fourth-order valence-corrected chi connectivity index (χ4v) is 2.60. The normalized spacial score (nSPS) is 10.4. The lowest BCUT2D eigenvalue weighted by Gasteiger charge is -2.08. The summed E-state index contributed by atoms with van der Waals surface area (Å²) in [6.07, 6.45) is 0.932. The lowest BCUT2D eigenvalue weighted by atomic mass is 10.1. The van der Waals surface area contributed by atoms with Gasteiger partial charge in [0.2, 0.25) is 0 Å². The van der Waals surface area contributed by atoms with Crippen LogP contribution in [-0.2, 0) is 6.42 Å². The number of hydrogen-bond acceptors (Lipinski definition) is 4. The van der Waals surface area contributed by atoms with E-state index in [1.807, 2.05) is 25.1 Å². The van der Waals surface area contributed by atoms with Gasteiger partial charge >= 0.3 is 0 Å². The van der Waals surface area contributed by atoms with Crippen LogP contribution in [0.15, 0.2) is 24.3 Å². The van der Waals surface area contributed by atoms with Gasteiger partial charge in [-0.1, -0.05) is 18.2 Å². The maximum atomic E-state index is 5.33. The van der Waals surface area contributed by atoms with Gasteiger partial charge in [0.15, 0.2) is 5.13 Å². The van der Waals surface area contributed by atoms with Crippen LogP contribution in [0.1, 0.15) is 16.1 Å². The highest BCUT2D eigenvalue weighted by Gasteiger charge is 2.04. The van der Waals surface area contributed by atoms with Crippen molar-refractivity contribution in [1.82, 2.24) is 4.98 Å². The van der Waals surface area contributed by atoms with E-state index in [4.69, 9.17) is 4.74 Å². The molecule has 1 aromatic carbocycles. The summed E-state index contributed by atoms with van der Waals surface area (Å²) >= 11 is 1.71. The van der Waals surface area contributed by atoms with E-state index in [2.05, 4.69) is 23.3 Å². The number of nitrogens with zero attached hydrogens (tertiary/aromatic N) is 1. The smallest absolute Gasteiger partial charge is 0.183 e. The third kappa shape index (κ3) is 3.01. The van der Waals surface area contributed by atoms with Crippen molar-refractivity contribution in [1.29, 1.82) is 0 Å². The van der Waals surface area contributed by atoms with Crippen molar-refractivity contribution >= 4 is 16.5 Å². The summed E-state index contributed by atoms with van der Waals surface area (Å²) in [7, 11) is 1.71. The number of methoxy groups -OCH3 is 1. The van der Waals surface area contributed by atoms with Crippen LogP contribution < -0.4 is 10.1 Å². The molecule has 0 aliphatic heterocycles. The Morgan fingerprint density at radius 3 is 2.72 bits per heavy atom. The van der Waals surface area contributed by atoms with E-state index in [1.165, 1.54) is 10.4 Å². The summed E-state index contributed by atoms with van der Waals surface area (Å²) < 4.78 is 5.33. The average molecular weight is 262 g/mol. The van der Waals surface area contributed by atoms with Crippen molar-refractivity contribution in [2.24, 2.45) is 0 Å². The molecule has 0 bridgehead atoms. The Kier molecular flexibility index (Phi) is 4.20. The molecule has 0 unspecified atom stereocenters. The number of anilines is 1.